The van der Waals surface area contributed by atoms with Crippen LogP contribution in [0.2, 0.25) is 0 Å². The van der Waals surface area contributed by atoms with Gasteiger partial charge in [-0.15, -0.1) is 0 Å². The number of hydrogen-bond acceptors (Lipinski definition) is 8. The van der Waals surface area contributed by atoms with Crippen LogP contribution in [0.3, 0.4) is 0 Å². The third kappa shape index (κ3) is 6.95. The first kappa shape index (κ1) is 30.6. The zero-order valence-electron chi connectivity index (χ0n) is 24.7. The third-order valence-corrected chi connectivity index (χ3v) is 12.6. The zero-order valence-corrected chi connectivity index (χ0v) is 26.3. The predicted octanol–water partition coefficient (Wildman–Crippen LogP) is 7.80. The summed E-state index contributed by atoms with van der Waals surface area (Å²) in [6.45, 7) is 3.25. The normalized spacial score (nSPS) is 21.1. The summed E-state index contributed by atoms with van der Waals surface area (Å²) in [6, 6.07) is 26.8. The maximum absolute atomic E-state index is 14.0. The standard InChI is InChI=1S/C34H37NO7S2/c1-26-11-17-31(18-12-26)44(36,37)42-43(32-8-2-5-23-35-32,29-19-13-27(14-20-29)40-33-9-3-6-24-38-33)30-21-15-28(16-22-30)41-34-10-4-7-25-39-34/h2,5,8,11-23,33-34H,3-4,6-7,9-10,24-25H2,1H3. The Morgan fingerprint density at radius 1 is 0.659 bits per heavy atom. The molecule has 8 nitrogen and oxygen atoms in total. The van der Waals surface area contributed by atoms with E-state index in [-0.39, 0.29) is 17.5 Å². The van der Waals surface area contributed by atoms with Crippen LogP contribution in [0.15, 0.2) is 117 Å². The minimum Gasteiger partial charge on any atom is -0.465 e. The molecule has 2 atom stereocenters. The summed E-state index contributed by atoms with van der Waals surface area (Å²) in [4.78, 5) is 6.04. The van der Waals surface area contributed by atoms with E-state index in [1.807, 2.05) is 61.5 Å². The summed E-state index contributed by atoms with van der Waals surface area (Å²) < 4.78 is 58.2. The predicted molar refractivity (Wildman–Crippen MR) is 167 cm³/mol. The molecule has 10 heteroatoms. The number of pyridine rings is 1. The van der Waals surface area contributed by atoms with Crippen molar-refractivity contribution in [3.8, 4) is 11.5 Å². The van der Waals surface area contributed by atoms with Crippen LogP contribution in [-0.2, 0) is 23.2 Å². The van der Waals surface area contributed by atoms with Crippen molar-refractivity contribution in [3.05, 3.63) is 103 Å². The minimum atomic E-state index is -4.25. The average molecular weight is 636 g/mol. The lowest BCUT2D eigenvalue weighted by Gasteiger charge is -2.38. The Hall–Kier alpha value is -3.41. The highest BCUT2D eigenvalue weighted by molar-refractivity contribution is 8.33. The lowest BCUT2D eigenvalue weighted by atomic mass is 10.2. The number of aryl methyl sites for hydroxylation is 1. The van der Waals surface area contributed by atoms with Gasteiger partial charge in [0.25, 0.3) is 0 Å². The number of benzene rings is 3. The highest BCUT2D eigenvalue weighted by Gasteiger charge is 2.39. The number of aromatic nitrogens is 1. The molecule has 2 aliphatic rings. The van der Waals surface area contributed by atoms with E-state index >= 15 is 0 Å². The van der Waals surface area contributed by atoms with Gasteiger partial charge in [0.1, 0.15) is 16.5 Å². The Balaban J connectivity index is 1.43. The molecular formula is C34H37NO7S2. The molecule has 6 rings (SSSR count). The first-order valence-electron chi connectivity index (χ1n) is 15.0. The van der Waals surface area contributed by atoms with Gasteiger partial charge in [0, 0.05) is 28.8 Å². The van der Waals surface area contributed by atoms with E-state index in [2.05, 4.69) is 4.98 Å². The summed E-state index contributed by atoms with van der Waals surface area (Å²) in [5.74, 6) is 1.26. The van der Waals surface area contributed by atoms with Gasteiger partial charge in [-0.3, -0.25) is 0 Å². The van der Waals surface area contributed by atoms with Crippen LogP contribution in [0.4, 0.5) is 0 Å². The van der Waals surface area contributed by atoms with Crippen LogP contribution in [0.25, 0.3) is 0 Å². The summed E-state index contributed by atoms with van der Waals surface area (Å²) in [5, 5.41) is 0.490. The maximum atomic E-state index is 14.0. The van der Waals surface area contributed by atoms with Crippen LogP contribution in [-0.4, -0.2) is 39.2 Å². The lowest BCUT2D eigenvalue weighted by molar-refractivity contribution is -0.106. The fraction of sp³-hybridized carbons (Fsp3) is 0.324. The number of ether oxygens (including phenoxy) is 4. The highest BCUT2D eigenvalue weighted by atomic mass is 32.3. The molecule has 0 N–H and O–H groups in total. The van der Waals surface area contributed by atoms with Crippen molar-refractivity contribution in [2.45, 2.75) is 77.7 Å². The molecule has 44 heavy (non-hydrogen) atoms. The van der Waals surface area contributed by atoms with Gasteiger partial charge < -0.3 is 18.9 Å². The second kappa shape index (κ2) is 13.7. The van der Waals surface area contributed by atoms with E-state index in [0.29, 0.717) is 39.5 Å². The van der Waals surface area contributed by atoms with Crippen LogP contribution < -0.4 is 9.47 Å². The molecule has 0 amide bonds. The molecule has 2 fully saturated rings. The van der Waals surface area contributed by atoms with Gasteiger partial charge in [0.05, 0.1) is 18.1 Å². The first-order valence-corrected chi connectivity index (χ1v) is 17.9. The molecule has 0 aliphatic carbocycles. The Morgan fingerprint density at radius 3 is 1.64 bits per heavy atom. The second-order valence-corrected chi connectivity index (χ2v) is 15.2. The molecule has 1 aromatic heterocycles. The van der Waals surface area contributed by atoms with Crippen molar-refractivity contribution in [1.29, 1.82) is 0 Å². The van der Waals surface area contributed by atoms with Gasteiger partial charge in [-0.2, -0.15) is 8.42 Å². The van der Waals surface area contributed by atoms with Gasteiger partial charge in [0.2, 0.25) is 0 Å². The maximum Gasteiger partial charge on any atom is 0.307 e. The van der Waals surface area contributed by atoms with E-state index < -0.39 is 20.4 Å². The van der Waals surface area contributed by atoms with E-state index in [9.17, 15) is 8.42 Å². The van der Waals surface area contributed by atoms with Crippen molar-refractivity contribution < 1.29 is 31.0 Å². The van der Waals surface area contributed by atoms with Gasteiger partial charge in [0.15, 0.2) is 12.6 Å². The lowest BCUT2D eigenvalue weighted by Crippen LogP contribution is -2.25. The number of nitrogens with zero attached hydrogens (tertiary/aromatic N) is 1. The Labute approximate surface area is 260 Å². The highest BCUT2D eigenvalue weighted by Crippen LogP contribution is 2.69. The largest absolute Gasteiger partial charge is 0.465 e. The van der Waals surface area contributed by atoms with Gasteiger partial charge in [-0.05, 0) is 116 Å². The average Bonchev–Trinajstić information content (AvgIpc) is 3.06. The van der Waals surface area contributed by atoms with E-state index in [0.717, 1.165) is 44.1 Å². The van der Waals surface area contributed by atoms with Crippen LogP contribution in [0.1, 0.15) is 44.1 Å². The number of hydrogen-bond donors (Lipinski definition) is 0. The first-order chi connectivity index (χ1) is 21.4. The molecule has 2 unspecified atom stereocenters. The molecule has 0 radical (unpaired) electrons. The molecule has 3 heterocycles. The zero-order chi connectivity index (χ0) is 30.4. The van der Waals surface area contributed by atoms with Crippen LogP contribution in [0.5, 0.6) is 11.5 Å². The molecule has 2 aliphatic heterocycles. The fourth-order valence-corrected chi connectivity index (χ4v) is 10.3. The van der Waals surface area contributed by atoms with Gasteiger partial charge in [-0.1, -0.05) is 23.8 Å². The summed E-state index contributed by atoms with van der Waals surface area (Å²) in [5.41, 5.74) is 0.947. The molecule has 0 spiro atoms. The molecule has 4 aromatic rings. The molecular weight excluding hydrogens is 599 g/mol. The molecule has 0 bridgehead atoms. The topological polar surface area (TPSA) is 93.2 Å². The van der Waals surface area contributed by atoms with Crippen molar-refractivity contribution in [2.24, 2.45) is 0 Å². The molecule has 232 valence electrons. The smallest absolute Gasteiger partial charge is 0.307 e. The SMILES string of the molecule is Cc1ccc(S(=O)(=O)OS(c2ccc(OC3CCCCO3)cc2)(c2ccc(OC3CCCCO3)cc2)c2ccccn2)cc1. The van der Waals surface area contributed by atoms with Crippen LogP contribution in [0, 0.1) is 6.92 Å². The van der Waals surface area contributed by atoms with Crippen molar-refractivity contribution >= 4 is 20.4 Å². The molecule has 0 saturated carbocycles. The van der Waals surface area contributed by atoms with Crippen molar-refractivity contribution in [1.82, 2.24) is 4.98 Å². The van der Waals surface area contributed by atoms with Crippen molar-refractivity contribution in [3.63, 3.8) is 0 Å². The quantitative estimate of drug-likeness (QED) is 0.174. The van der Waals surface area contributed by atoms with E-state index in [1.54, 1.807) is 42.6 Å². The van der Waals surface area contributed by atoms with Gasteiger partial charge >= 0.3 is 10.1 Å². The van der Waals surface area contributed by atoms with Crippen LogP contribution >= 0.6 is 10.3 Å². The Morgan fingerprint density at radius 2 is 1.18 bits per heavy atom. The second-order valence-electron chi connectivity index (χ2n) is 10.8. The van der Waals surface area contributed by atoms with Crippen molar-refractivity contribution in [2.75, 3.05) is 13.2 Å². The molecule has 3 aromatic carbocycles. The summed E-state index contributed by atoms with van der Waals surface area (Å²) in [7, 11) is -7.17. The third-order valence-electron chi connectivity index (χ3n) is 7.56. The Kier molecular flexibility index (Phi) is 9.53. The molecule has 2 saturated heterocycles. The monoisotopic (exact) mass is 635 g/mol. The summed E-state index contributed by atoms with van der Waals surface area (Å²) in [6.07, 6.45) is 6.83. The minimum absolute atomic E-state index is 0.0692. The van der Waals surface area contributed by atoms with E-state index in [1.165, 1.54) is 0 Å². The summed E-state index contributed by atoms with van der Waals surface area (Å²) >= 11 is 0. The fourth-order valence-electron chi connectivity index (χ4n) is 5.22. The Bertz CT molecular complexity index is 1540. The van der Waals surface area contributed by atoms with E-state index in [4.69, 9.17) is 22.6 Å². The number of rotatable bonds is 10. The van der Waals surface area contributed by atoms with Gasteiger partial charge in [-0.25, -0.2) is 8.61 Å².